The maximum absolute atomic E-state index is 13.1. The molecule has 3 aromatic rings. The van der Waals surface area contributed by atoms with Crippen molar-refractivity contribution in [3.8, 4) is 11.1 Å². The number of benzene rings is 2. The molecule has 1 saturated heterocycles. The second kappa shape index (κ2) is 11.4. The molecule has 37 heavy (non-hydrogen) atoms. The molecule has 10 heteroatoms. The van der Waals surface area contributed by atoms with E-state index in [4.69, 9.17) is 0 Å². The molecule has 0 spiro atoms. The van der Waals surface area contributed by atoms with Crippen LogP contribution < -0.4 is 10.6 Å². The highest BCUT2D eigenvalue weighted by molar-refractivity contribution is 5.95. The Hall–Kier alpha value is -3.95. The van der Waals surface area contributed by atoms with Crippen LogP contribution in [0.5, 0.6) is 0 Å². The molecular weight excluding hydrogens is 483 g/mol. The van der Waals surface area contributed by atoms with Crippen LogP contribution in [0, 0.1) is 0 Å². The van der Waals surface area contributed by atoms with Gasteiger partial charge in [-0.05, 0) is 54.7 Å². The average Bonchev–Trinajstić information content (AvgIpc) is 2.91. The minimum atomic E-state index is -4.57. The molecule has 1 atom stereocenters. The third-order valence-electron chi connectivity index (χ3n) is 6.13. The first-order chi connectivity index (χ1) is 17.7. The predicted octanol–water partition coefficient (Wildman–Crippen LogP) is 5.02. The van der Waals surface area contributed by atoms with Crippen molar-refractivity contribution < 1.29 is 22.8 Å². The summed E-state index contributed by atoms with van der Waals surface area (Å²) in [6.07, 6.45) is -0.354. The van der Waals surface area contributed by atoms with Gasteiger partial charge in [-0.3, -0.25) is 14.6 Å². The van der Waals surface area contributed by atoms with Gasteiger partial charge < -0.3 is 15.5 Å². The summed E-state index contributed by atoms with van der Waals surface area (Å²) < 4.78 is 38.8. The highest BCUT2D eigenvalue weighted by Crippen LogP contribution is 2.28. The van der Waals surface area contributed by atoms with Crippen LogP contribution in [0.2, 0.25) is 0 Å². The number of halogens is 3. The molecule has 0 radical (unpaired) electrons. The summed E-state index contributed by atoms with van der Waals surface area (Å²) in [5, 5.41) is 5.83. The molecule has 1 aliphatic rings. The van der Waals surface area contributed by atoms with Gasteiger partial charge in [-0.15, -0.1) is 0 Å². The monoisotopic (exact) mass is 511 g/mol. The number of anilines is 1. The fourth-order valence-corrected chi connectivity index (χ4v) is 4.20. The van der Waals surface area contributed by atoms with Crippen molar-refractivity contribution in [3.63, 3.8) is 0 Å². The molecule has 194 valence electrons. The van der Waals surface area contributed by atoms with E-state index in [1.807, 2.05) is 31.2 Å². The van der Waals surface area contributed by atoms with Crippen molar-refractivity contribution >= 4 is 17.6 Å². The Morgan fingerprint density at radius 1 is 1.00 bits per heavy atom. The smallest absolute Gasteiger partial charge is 0.364 e. The van der Waals surface area contributed by atoms with E-state index in [9.17, 15) is 22.8 Å². The molecule has 1 aliphatic heterocycles. The second-order valence-electron chi connectivity index (χ2n) is 8.93. The summed E-state index contributed by atoms with van der Waals surface area (Å²) in [5.74, 6) is -0.216. The zero-order valence-electron chi connectivity index (χ0n) is 20.4. The van der Waals surface area contributed by atoms with Gasteiger partial charge in [0.1, 0.15) is 5.82 Å². The number of hydrogen-bond donors (Lipinski definition) is 2. The van der Waals surface area contributed by atoms with E-state index in [0.717, 1.165) is 17.5 Å². The van der Waals surface area contributed by atoms with Crippen LogP contribution in [-0.2, 0) is 6.18 Å². The number of piperidine rings is 1. The molecule has 1 unspecified atom stereocenters. The summed E-state index contributed by atoms with van der Waals surface area (Å²) in [6.45, 7) is 3.53. The van der Waals surface area contributed by atoms with Crippen LogP contribution in [-0.4, -0.2) is 52.4 Å². The number of hydrogen-bond acceptors (Lipinski definition) is 5. The summed E-state index contributed by atoms with van der Waals surface area (Å²) in [5.41, 5.74) is 1.90. The SMILES string of the molecule is CCCNC(=O)c1ccc(-c2ccc(C(=O)N3CCCC(Nc4cncc(C(F)(F)F)n4)C3)cc2)cc1. The van der Waals surface area contributed by atoms with E-state index >= 15 is 0 Å². The molecule has 1 fully saturated rings. The molecule has 4 rings (SSSR count). The first-order valence-corrected chi connectivity index (χ1v) is 12.2. The van der Waals surface area contributed by atoms with Gasteiger partial charge in [0.05, 0.1) is 12.4 Å². The number of nitrogens with zero attached hydrogens (tertiary/aromatic N) is 3. The highest BCUT2D eigenvalue weighted by atomic mass is 19.4. The lowest BCUT2D eigenvalue weighted by molar-refractivity contribution is -0.141. The van der Waals surface area contributed by atoms with Crippen LogP contribution in [0.1, 0.15) is 52.6 Å². The predicted molar refractivity (Wildman–Crippen MR) is 134 cm³/mol. The third kappa shape index (κ3) is 6.63. The van der Waals surface area contributed by atoms with Crippen LogP contribution >= 0.6 is 0 Å². The van der Waals surface area contributed by atoms with E-state index in [1.54, 1.807) is 29.2 Å². The van der Waals surface area contributed by atoms with Crippen molar-refractivity contribution in [2.45, 2.75) is 38.4 Å². The number of rotatable bonds is 7. The Balaban J connectivity index is 1.38. The third-order valence-corrected chi connectivity index (χ3v) is 6.13. The number of carbonyl (C=O) groups excluding carboxylic acids is 2. The van der Waals surface area contributed by atoms with E-state index in [-0.39, 0.29) is 23.7 Å². The molecule has 0 saturated carbocycles. The van der Waals surface area contributed by atoms with E-state index < -0.39 is 11.9 Å². The summed E-state index contributed by atoms with van der Waals surface area (Å²) in [4.78, 5) is 34.1. The van der Waals surface area contributed by atoms with Gasteiger partial charge in [0.2, 0.25) is 0 Å². The summed E-state index contributed by atoms with van der Waals surface area (Å²) in [6, 6.07) is 14.3. The molecule has 2 heterocycles. The molecule has 7 nitrogen and oxygen atoms in total. The average molecular weight is 512 g/mol. The van der Waals surface area contributed by atoms with Gasteiger partial charge in [0, 0.05) is 36.8 Å². The van der Waals surface area contributed by atoms with Crippen molar-refractivity contribution in [2.75, 3.05) is 25.0 Å². The number of alkyl halides is 3. The molecule has 0 bridgehead atoms. The first-order valence-electron chi connectivity index (χ1n) is 12.2. The van der Waals surface area contributed by atoms with Gasteiger partial charge in [-0.25, -0.2) is 4.98 Å². The Kier molecular flexibility index (Phi) is 8.05. The maximum Gasteiger partial charge on any atom is 0.434 e. The molecule has 2 aromatic carbocycles. The number of nitrogens with one attached hydrogen (secondary N) is 2. The number of likely N-dealkylation sites (tertiary alicyclic amines) is 1. The number of amides is 2. The quantitative estimate of drug-likeness (QED) is 0.465. The van der Waals surface area contributed by atoms with Crippen LogP contribution in [0.3, 0.4) is 0 Å². The highest BCUT2D eigenvalue weighted by Gasteiger charge is 2.33. The lowest BCUT2D eigenvalue weighted by Crippen LogP contribution is -2.45. The van der Waals surface area contributed by atoms with Crippen LogP contribution in [0.4, 0.5) is 19.0 Å². The Labute approximate surface area is 213 Å². The minimum absolute atomic E-state index is 0.0346. The lowest BCUT2D eigenvalue weighted by Gasteiger charge is -2.33. The molecule has 0 aliphatic carbocycles. The first kappa shape index (κ1) is 26.1. The molecule has 1 aromatic heterocycles. The van der Waals surface area contributed by atoms with Crippen molar-refractivity contribution in [1.29, 1.82) is 0 Å². The maximum atomic E-state index is 13.1. The Morgan fingerprint density at radius 2 is 1.65 bits per heavy atom. The van der Waals surface area contributed by atoms with E-state index in [1.165, 1.54) is 6.20 Å². The Morgan fingerprint density at radius 3 is 2.27 bits per heavy atom. The van der Waals surface area contributed by atoms with Crippen molar-refractivity contribution in [3.05, 3.63) is 77.7 Å². The largest absolute Gasteiger partial charge is 0.434 e. The van der Waals surface area contributed by atoms with Crippen LogP contribution in [0.15, 0.2) is 60.9 Å². The zero-order valence-corrected chi connectivity index (χ0v) is 20.4. The van der Waals surface area contributed by atoms with Gasteiger partial charge in [-0.2, -0.15) is 13.2 Å². The van der Waals surface area contributed by atoms with Gasteiger partial charge in [-0.1, -0.05) is 31.2 Å². The van der Waals surface area contributed by atoms with Gasteiger partial charge >= 0.3 is 6.18 Å². The fourth-order valence-electron chi connectivity index (χ4n) is 4.20. The zero-order chi connectivity index (χ0) is 26.4. The van der Waals surface area contributed by atoms with E-state index in [0.29, 0.717) is 49.8 Å². The molecule has 2 amide bonds. The summed E-state index contributed by atoms with van der Waals surface area (Å²) in [7, 11) is 0. The van der Waals surface area contributed by atoms with Crippen molar-refractivity contribution in [1.82, 2.24) is 20.2 Å². The molecular formula is C27H28F3N5O2. The van der Waals surface area contributed by atoms with Gasteiger partial charge in [0.15, 0.2) is 5.69 Å². The van der Waals surface area contributed by atoms with Crippen molar-refractivity contribution in [2.24, 2.45) is 0 Å². The lowest BCUT2D eigenvalue weighted by atomic mass is 10.0. The van der Waals surface area contributed by atoms with Gasteiger partial charge in [0.25, 0.3) is 11.8 Å². The minimum Gasteiger partial charge on any atom is -0.364 e. The summed E-state index contributed by atoms with van der Waals surface area (Å²) >= 11 is 0. The normalized spacial score (nSPS) is 15.8. The van der Waals surface area contributed by atoms with Crippen LogP contribution in [0.25, 0.3) is 11.1 Å². The number of carbonyl (C=O) groups is 2. The number of aromatic nitrogens is 2. The fraction of sp³-hybridized carbons (Fsp3) is 0.333. The Bertz CT molecular complexity index is 1230. The second-order valence-corrected chi connectivity index (χ2v) is 8.93. The molecule has 2 N–H and O–H groups in total. The van der Waals surface area contributed by atoms with E-state index in [2.05, 4.69) is 20.6 Å². The topological polar surface area (TPSA) is 87.2 Å². The standard InChI is InChI=1S/C27H28F3N5O2/c1-2-13-32-25(36)20-9-5-18(6-10-20)19-7-11-21(12-8-19)26(37)35-14-3-4-22(17-35)33-24-16-31-15-23(34-24)27(28,29)30/h5-12,15-16,22H,2-4,13-14,17H2,1H3,(H,32,36)(H,33,34).